The Bertz CT molecular complexity index is 393. The maximum Gasteiger partial charge on any atom is 0.123 e. The fraction of sp³-hybridized carbons (Fsp3) is 0.909. The molecule has 0 aromatic carbocycles. The zero-order valence-electron chi connectivity index (χ0n) is 19.7. The lowest BCUT2D eigenvalue weighted by molar-refractivity contribution is -0.0260. The van der Waals surface area contributed by atoms with Crippen molar-refractivity contribution >= 4 is 0 Å². The average molecular weight is 483 g/mol. The quantitative estimate of drug-likeness (QED) is 0.112. The van der Waals surface area contributed by atoms with E-state index in [-0.39, 0.29) is 6.61 Å². The second kappa shape index (κ2) is 31.0. The van der Waals surface area contributed by atoms with Crippen LogP contribution in [0.5, 0.6) is 0 Å². The first-order valence-corrected chi connectivity index (χ1v) is 11.3. The summed E-state index contributed by atoms with van der Waals surface area (Å²) in [5.41, 5.74) is 0. The molecule has 0 atom stereocenters. The summed E-state index contributed by atoms with van der Waals surface area (Å²) in [7, 11) is 0. The highest BCUT2D eigenvalue weighted by Crippen LogP contribution is 1.86. The van der Waals surface area contributed by atoms with Gasteiger partial charge in [0.1, 0.15) is 12.7 Å². The SMILES string of the molecule is C#COCCOCCOCCOCCOCCOCCOCCOCCOCCOCCO. The lowest BCUT2D eigenvalue weighted by atomic mass is 10.6. The number of hydrogen-bond donors (Lipinski definition) is 1. The van der Waals surface area contributed by atoms with Crippen LogP contribution in [0.1, 0.15) is 0 Å². The van der Waals surface area contributed by atoms with Crippen LogP contribution in [0.2, 0.25) is 0 Å². The van der Waals surface area contributed by atoms with Gasteiger partial charge in [-0.15, -0.1) is 0 Å². The molecule has 0 amide bonds. The molecular weight excluding hydrogens is 440 g/mol. The summed E-state index contributed by atoms with van der Waals surface area (Å²) in [6.45, 7) is 9.26. The van der Waals surface area contributed by atoms with E-state index in [2.05, 4.69) is 6.11 Å². The molecule has 11 nitrogen and oxygen atoms in total. The zero-order chi connectivity index (χ0) is 23.9. The third kappa shape index (κ3) is 31.0. The number of hydrogen-bond acceptors (Lipinski definition) is 11. The smallest absolute Gasteiger partial charge is 0.123 e. The summed E-state index contributed by atoms with van der Waals surface area (Å²) in [4.78, 5) is 0. The molecule has 0 aliphatic heterocycles. The second-order valence-corrected chi connectivity index (χ2v) is 6.20. The standard InChI is InChI=1S/C22H42O11/c1-2-24-5-6-26-9-10-28-13-14-30-17-18-32-21-22-33-20-19-31-16-15-29-12-11-27-8-7-25-4-3-23/h1,23H,3-22H2. The molecule has 0 rings (SSSR count). The molecule has 11 heteroatoms. The van der Waals surface area contributed by atoms with Crippen LogP contribution in [0.25, 0.3) is 0 Å². The summed E-state index contributed by atoms with van der Waals surface area (Å²) >= 11 is 0. The topological polar surface area (TPSA) is 113 Å². The van der Waals surface area contributed by atoms with E-state index >= 15 is 0 Å². The molecular formula is C22H42O11. The number of terminal acetylenes is 1. The molecule has 33 heavy (non-hydrogen) atoms. The van der Waals surface area contributed by atoms with Crippen LogP contribution in [0.15, 0.2) is 0 Å². The minimum atomic E-state index is 0.0271. The van der Waals surface area contributed by atoms with E-state index in [1.54, 1.807) is 0 Å². The van der Waals surface area contributed by atoms with Crippen LogP contribution in [0.3, 0.4) is 0 Å². The highest BCUT2D eigenvalue weighted by atomic mass is 16.6. The molecule has 0 aromatic heterocycles. The van der Waals surface area contributed by atoms with Gasteiger partial charge in [0, 0.05) is 0 Å². The summed E-state index contributed by atoms with van der Waals surface area (Å²) < 4.78 is 52.7. The minimum Gasteiger partial charge on any atom is -0.444 e. The summed E-state index contributed by atoms with van der Waals surface area (Å²) in [6, 6.07) is 0. The Labute approximate surface area is 197 Å². The summed E-state index contributed by atoms with van der Waals surface area (Å²) in [5, 5.41) is 8.54. The second-order valence-electron chi connectivity index (χ2n) is 6.20. The van der Waals surface area contributed by atoms with Gasteiger partial charge in [-0.2, -0.15) is 0 Å². The van der Waals surface area contributed by atoms with E-state index in [9.17, 15) is 0 Å². The Morgan fingerprint density at radius 2 is 0.576 bits per heavy atom. The monoisotopic (exact) mass is 482 g/mol. The average Bonchev–Trinajstić information content (AvgIpc) is 2.83. The molecule has 0 spiro atoms. The zero-order valence-corrected chi connectivity index (χ0v) is 19.7. The van der Waals surface area contributed by atoms with Gasteiger partial charge < -0.3 is 52.5 Å². The first-order valence-electron chi connectivity index (χ1n) is 11.3. The van der Waals surface area contributed by atoms with Gasteiger partial charge in [0.25, 0.3) is 0 Å². The lowest BCUT2D eigenvalue weighted by Crippen LogP contribution is -2.15. The van der Waals surface area contributed by atoms with E-state index in [0.29, 0.717) is 126 Å². The summed E-state index contributed by atoms with van der Waals surface area (Å²) in [5.74, 6) is 0. The minimum absolute atomic E-state index is 0.0271. The molecule has 0 unspecified atom stereocenters. The Kier molecular flexibility index (Phi) is 30.0. The molecule has 0 fully saturated rings. The Hall–Kier alpha value is -1.04. The van der Waals surface area contributed by atoms with Crippen molar-refractivity contribution in [3.8, 4) is 12.5 Å². The van der Waals surface area contributed by atoms with Gasteiger partial charge in [-0.25, -0.2) is 0 Å². The number of aliphatic hydroxyl groups excluding tert-OH is 1. The maximum absolute atomic E-state index is 8.54. The van der Waals surface area contributed by atoms with Crippen molar-refractivity contribution in [2.75, 3.05) is 132 Å². The highest BCUT2D eigenvalue weighted by molar-refractivity contribution is 4.67. The van der Waals surface area contributed by atoms with Crippen LogP contribution < -0.4 is 0 Å². The largest absolute Gasteiger partial charge is 0.444 e. The van der Waals surface area contributed by atoms with Crippen LogP contribution in [-0.2, 0) is 47.4 Å². The number of rotatable bonds is 29. The fourth-order valence-corrected chi connectivity index (χ4v) is 2.09. The van der Waals surface area contributed by atoms with Crippen molar-refractivity contribution in [1.29, 1.82) is 0 Å². The van der Waals surface area contributed by atoms with Gasteiger partial charge >= 0.3 is 0 Å². The molecule has 0 aromatic rings. The Balaban J connectivity index is 3.00. The van der Waals surface area contributed by atoms with Crippen molar-refractivity contribution < 1.29 is 52.5 Å². The van der Waals surface area contributed by atoms with Gasteiger partial charge in [-0.3, -0.25) is 0 Å². The van der Waals surface area contributed by atoms with E-state index in [1.807, 2.05) is 0 Å². The predicted octanol–water partition coefficient (Wildman–Crippen LogP) is -0.265. The molecule has 0 heterocycles. The van der Waals surface area contributed by atoms with Crippen molar-refractivity contribution in [2.45, 2.75) is 0 Å². The Morgan fingerprint density at radius 3 is 0.788 bits per heavy atom. The fourth-order valence-electron chi connectivity index (χ4n) is 2.09. The van der Waals surface area contributed by atoms with Crippen LogP contribution >= 0.6 is 0 Å². The van der Waals surface area contributed by atoms with Crippen molar-refractivity contribution in [3.05, 3.63) is 0 Å². The van der Waals surface area contributed by atoms with E-state index in [1.165, 1.54) is 0 Å². The van der Waals surface area contributed by atoms with Crippen LogP contribution in [-0.4, -0.2) is 137 Å². The van der Waals surface area contributed by atoms with E-state index < -0.39 is 0 Å². The predicted molar refractivity (Wildman–Crippen MR) is 119 cm³/mol. The van der Waals surface area contributed by atoms with Gasteiger partial charge in [0.2, 0.25) is 0 Å². The molecule has 1 N–H and O–H groups in total. The van der Waals surface area contributed by atoms with Gasteiger partial charge in [0.05, 0.1) is 126 Å². The molecule has 0 saturated heterocycles. The lowest BCUT2D eigenvalue weighted by Gasteiger charge is -2.08. The van der Waals surface area contributed by atoms with Crippen LogP contribution in [0.4, 0.5) is 0 Å². The van der Waals surface area contributed by atoms with E-state index in [0.717, 1.165) is 0 Å². The van der Waals surface area contributed by atoms with Crippen molar-refractivity contribution in [3.63, 3.8) is 0 Å². The molecule has 0 bridgehead atoms. The third-order valence-electron chi connectivity index (χ3n) is 3.62. The number of aliphatic hydroxyl groups is 1. The van der Waals surface area contributed by atoms with Crippen molar-refractivity contribution in [2.24, 2.45) is 0 Å². The van der Waals surface area contributed by atoms with Gasteiger partial charge in [-0.1, -0.05) is 6.42 Å². The third-order valence-corrected chi connectivity index (χ3v) is 3.62. The molecule has 0 aliphatic carbocycles. The van der Waals surface area contributed by atoms with E-state index in [4.69, 9.17) is 58.9 Å². The van der Waals surface area contributed by atoms with Gasteiger partial charge in [-0.05, 0) is 0 Å². The van der Waals surface area contributed by atoms with Gasteiger partial charge in [0.15, 0.2) is 0 Å². The molecule has 0 radical (unpaired) electrons. The first kappa shape index (κ1) is 32.0. The summed E-state index contributed by atoms with van der Waals surface area (Å²) in [6.07, 6.45) is 7.01. The Morgan fingerprint density at radius 1 is 0.364 bits per heavy atom. The maximum atomic E-state index is 8.54. The molecule has 0 aliphatic rings. The molecule has 0 saturated carbocycles. The van der Waals surface area contributed by atoms with Crippen molar-refractivity contribution in [1.82, 2.24) is 0 Å². The first-order chi connectivity index (χ1) is 16.4. The normalized spacial score (nSPS) is 11.0. The number of ether oxygens (including phenoxy) is 10. The molecule has 196 valence electrons. The highest BCUT2D eigenvalue weighted by Gasteiger charge is 1.95. The van der Waals surface area contributed by atoms with Crippen LogP contribution in [0, 0.1) is 12.5 Å².